The number of aliphatic carboxylic acids is 1. The molecule has 2 aliphatic rings. The average Bonchev–Trinajstić information content (AvgIpc) is 2.96. The minimum Gasteiger partial charge on any atom is -0.480 e. The van der Waals surface area contributed by atoms with E-state index in [1.165, 1.54) is 12.1 Å². The zero-order chi connectivity index (χ0) is 18.9. The quantitative estimate of drug-likeness (QED) is 0.884. The average molecular weight is 364 g/mol. The molecule has 2 unspecified atom stereocenters. The Kier molecular flexibility index (Phi) is 5.29. The van der Waals surface area contributed by atoms with Crippen LogP contribution in [-0.4, -0.2) is 65.7 Å². The van der Waals surface area contributed by atoms with Gasteiger partial charge in [0.1, 0.15) is 11.4 Å². The van der Waals surface area contributed by atoms with Gasteiger partial charge in [-0.05, 0) is 37.6 Å². The molecule has 2 aliphatic heterocycles. The number of carboxylic acid groups (broad SMARTS) is 1. The number of benzene rings is 1. The summed E-state index contributed by atoms with van der Waals surface area (Å²) in [5.74, 6) is -1.82. The Labute approximate surface area is 152 Å². The van der Waals surface area contributed by atoms with Gasteiger partial charge in [-0.15, -0.1) is 0 Å². The van der Waals surface area contributed by atoms with Crippen LogP contribution in [0.15, 0.2) is 24.3 Å². The van der Waals surface area contributed by atoms with Crippen molar-refractivity contribution in [3.05, 3.63) is 35.6 Å². The fraction of sp³-hybridized carbons (Fsp3) is 0.579. The van der Waals surface area contributed by atoms with E-state index in [4.69, 9.17) is 4.74 Å². The molecule has 2 heterocycles. The van der Waals surface area contributed by atoms with Gasteiger partial charge in [0.25, 0.3) is 0 Å². The van der Waals surface area contributed by atoms with E-state index in [-0.39, 0.29) is 18.1 Å². The first-order valence-corrected chi connectivity index (χ1v) is 8.99. The third kappa shape index (κ3) is 3.10. The summed E-state index contributed by atoms with van der Waals surface area (Å²) in [7, 11) is 1.75. The Balaban J connectivity index is 1.99. The molecular formula is C19H25FN2O4. The van der Waals surface area contributed by atoms with Crippen LogP contribution in [0, 0.1) is 11.7 Å². The Hall–Kier alpha value is -1.99. The smallest absolute Gasteiger partial charge is 0.324 e. The van der Waals surface area contributed by atoms with E-state index < -0.39 is 23.5 Å². The molecule has 1 aromatic rings. The number of carboxylic acids is 1. The zero-order valence-corrected chi connectivity index (χ0v) is 15.2. The number of likely N-dealkylation sites (N-methyl/N-ethyl adjacent to an activating group) is 1. The summed E-state index contributed by atoms with van der Waals surface area (Å²) < 4.78 is 18.7. The van der Waals surface area contributed by atoms with Gasteiger partial charge in [0.05, 0.1) is 19.1 Å². The maximum absolute atomic E-state index is 13.4. The molecule has 1 amide bonds. The van der Waals surface area contributed by atoms with Crippen molar-refractivity contribution >= 4 is 11.9 Å². The number of carbonyl (C=O) groups is 2. The summed E-state index contributed by atoms with van der Waals surface area (Å²) in [5, 5.41) is 9.91. The predicted molar refractivity (Wildman–Crippen MR) is 93.1 cm³/mol. The van der Waals surface area contributed by atoms with Gasteiger partial charge in [0.2, 0.25) is 5.91 Å². The lowest BCUT2D eigenvalue weighted by molar-refractivity contribution is -0.150. The molecule has 0 aromatic heterocycles. The van der Waals surface area contributed by atoms with Gasteiger partial charge >= 0.3 is 5.97 Å². The minimum absolute atomic E-state index is 0.0500. The Morgan fingerprint density at radius 2 is 1.88 bits per heavy atom. The number of amides is 1. The maximum atomic E-state index is 13.4. The lowest BCUT2D eigenvalue weighted by Gasteiger charge is -2.35. The number of carbonyl (C=O) groups excluding carboxylic acids is 1. The molecule has 26 heavy (non-hydrogen) atoms. The van der Waals surface area contributed by atoms with Crippen LogP contribution in [0.2, 0.25) is 0 Å². The van der Waals surface area contributed by atoms with E-state index >= 15 is 0 Å². The summed E-state index contributed by atoms with van der Waals surface area (Å²) >= 11 is 0. The second kappa shape index (κ2) is 7.32. The van der Waals surface area contributed by atoms with Crippen LogP contribution < -0.4 is 0 Å². The normalized spacial score (nSPS) is 29.7. The number of likely N-dealkylation sites (tertiary alicyclic amines) is 1. The van der Waals surface area contributed by atoms with Crippen molar-refractivity contribution in [3.8, 4) is 0 Å². The SMILES string of the molecule is CC[C@@]1(C(=O)O)CC(C(=O)N2CCOCC2)C(c2ccc(F)cc2)N1C. The van der Waals surface area contributed by atoms with Gasteiger partial charge in [-0.3, -0.25) is 14.5 Å². The molecule has 0 aliphatic carbocycles. The molecule has 3 atom stereocenters. The summed E-state index contributed by atoms with van der Waals surface area (Å²) in [4.78, 5) is 28.8. The first-order chi connectivity index (χ1) is 12.4. The van der Waals surface area contributed by atoms with Crippen molar-refractivity contribution < 1.29 is 23.8 Å². The molecular weight excluding hydrogens is 339 g/mol. The fourth-order valence-electron chi connectivity index (χ4n) is 4.30. The topological polar surface area (TPSA) is 70.1 Å². The first kappa shape index (κ1) is 18.8. The maximum Gasteiger partial charge on any atom is 0.324 e. The highest BCUT2D eigenvalue weighted by atomic mass is 19.1. The third-order valence-corrected chi connectivity index (χ3v) is 5.87. The molecule has 6 nitrogen and oxygen atoms in total. The third-order valence-electron chi connectivity index (χ3n) is 5.87. The molecule has 3 rings (SSSR count). The molecule has 0 spiro atoms. The highest BCUT2D eigenvalue weighted by Gasteiger charge is 2.56. The van der Waals surface area contributed by atoms with Crippen LogP contribution >= 0.6 is 0 Å². The van der Waals surface area contributed by atoms with E-state index in [1.807, 2.05) is 6.92 Å². The van der Waals surface area contributed by atoms with Crippen molar-refractivity contribution in [1.29, 1.82) is 0 Å². The Morgan fingerprint density at radius 3 is 2.42 bits per heavy atom. The number of halogens is 1. The zero-order valence-electron chi connectivity index (χ0n) is 15.2. The highest BCUT2D eigenvalue weighted by Crippen LogP contribution is 2.48. The van der Waals surface area contributed by atoms with Crippen LogP contribution in [0.5, 0.6) is 0 Å². The first-order valence-electron chi connectivity index (χ1n) is 8.99. The number of rotatable bonds is 4. The van der Waals surface area contributed by atoms with E-state index in [2.05, 4.69) is 0 Å². The molecule has 0 radical (unpaired) electrons. The number of ether oxygens (including phenoxy) is 1. The Morgan fingerprint density at radius 1 is 1.27 bits per heavy atom. The van der Waals surface area contributed by atoms with Crippen LogP contribution in [0.25, 0.3) is 0 Å². The van der Waals surface area contributed by atoms with Gasteiger partial charge in [-0.1, -0.05) is 19.1 Å². The number of hydrogen-bond donors (Lipinski definition) is 1. The molecule has 0 bridgehead atoms. The van der Waals surface area contributed by atoms with Crippen molar-refractivity contribution in [2.24, 2.45) is 5.92 Å². The van der Waals surface area contributed by atoms with E-state index in [0.29, 0.717) is 32.7 Å². The van der Waals surface area contributed by atoms with Crippen molar-refractivity contribution in [1.82, 2.24) is 9.80 Å². The molecule has 2 saturated heterocycles. The largest absolute Gasteiger partial charge is 0.480 e. The van der Waals surface area contributed by atoms with E-state index in [0.717, 1.165) is 5.56 Å². The fourth-order valence-corrected chi connectivity index (χ4v) is 4.30. The summed E-state index contributed by atoms with van der Waals surface area (Å²) in [6.45, 7) is 3.84. The highest BCUT2D eigenvalue weighted by molar-refractivity contribution is 5.85. The van der Waals surface area contributed by atoms with Gasteiger partial charge < -0.3 is 14.7 Å². The van der Waals surface area contributed by atoms with Gasteiger partial charge in [0.15, 0.2) is 0 Å². The van der Waals surface area contributed by atoms with Crippen molar-refractivity contribution in [2.75, 3.05) is 33.4 Å². The lowest BCUT2D eigenvalue weighted by atomic mass is 9.86. The number of nitrogens with zero attached hydrogens (tertiary/aromatic N) is 2. The van der Waals surface area contributed by atoms with Gasteiger partial charge in [-0.2, -0.15) is 0 Å². The number of hydrogen-bond acceptors (Lipinski definition) is 4. The van der Waals surface area contributed by atoms with E-state index in [9.17, 15) is 19.1 Å². The summed E-state index contributed by atoms with van der Waals surface area (Å²) in [6, 6.07) is 5.59. The van der Waals surface area contributed by atoms with Gasteiger partial charge in [0, 0.05) is 19.1 Å². The van der Waals surface area contributed by atoms with Crippen LogP contribution in [-0.2, 0) is 14.3 Å². The second-order valence-electron chi connectivity index (χ2n) is 7.05. The van der Waals surface area contributed by atoms with E-state index in [1.54, 1.807) is 29.0 Å². The van der Waals surface area contributed by atoms with Crippen molar-refractivity contribution in [2.45, 2.75) is 31.3 Å². The molecule has 1 N–H and O–H groups in total. The summed E-state index contributed by atoms with van der Waals surface area (Å²) in [5.41, 5.74) is -0.344. The van der Waals surface area contributed by atoms with Crippen molar-refractivity contribution in [3.63, 3.8) is 0 Å². The number of morpholine rings is 1. The summed E-state index contributed by atoms with van der Waals surface area (Å²) in [6.07, 6.45) is 0.636. The van der Waals surface area contributed by atoms with Crippen LogP contribution in [0.3, 0.4) is 0 Å². The minimum atomic E-state index is -1.11. The standard InChI is InChI=1S/C19H25FN2O4/c1-3-19(18(24)25)12-15(17(23)22-8-10-26-11-9-22)16(21(19)2)13-4-6-14(20)7-5-13/h4-7,15-16H,3,8-12H2,1-2H3,(H,24,25)/t15?,16?,19-/m0/s1. The molecule has 1 aromatic carbocycles. The van der Waals surface area contributed by atoms with Gasteiger partial charge in [-0.25, -0.2) is 4.39 Å². The predicted octanol–water partition coefficient (Wildman–Crippen LogP) is 1.91. The van der Waals surface area contributed by atoms with Crippen LogP contribution in [0.1, 0.15) is 31.4 Å². The molecule has 2 fully saturated rings. The molecule has 7 heteroatoms. The van der Waals surface area contributed by atoms with Crippen LogP contribution in [0.4, 0.5) is 4.39 Å². The molecule has 0 saturated carbocycles. The molecule has 142 valence electrons. The monoisotopic (exact) mass is 364 g/mol. The Bertz CT molecular complexity index is 675. The lowest BCUT2D eigenvalue weighted by Crippen LogP contribution is -2.48. The second-order valence-corrected chi connectivity index (χ2v) is 7.05.